The van der Waals surface area contributed by atoms with Crippen molar-refractivity contribution in [3.05, 3.63) is 0 Å². The van der Waals surface area contributed by atoms with Crippen LogP contribution in [0.4, 0.5) is 0 Å². The highest BCUT2D eigenvalue weighted by Gasteiger charge is 2.39. The van der Waals surface area contributed by atoms with Gasteiger partial charge in [0.05, 0.1) is 12.1 Å². The van der Waals surface area contributed by atoms with Crippen molar-refractivity contribution in [2.24, 2.45) is 11.7 Å². The summed E-state index contributed by atoms with van der Waals surface area (Å²) in [5.74, 6) is -4.13. The molecule has 7 N–H and O–H groups in total. The maximum Gasteiger partial charge on any atom is 0.326 e. The minimum atomic E-state index is -1.41. The quantitative estimate of drug-likeness (QED) is 0.215. The predicted molar refractivity (Wildman–Crippen MR) is 114 cm³/mol. The van der Waals surface area contributed by atoms with E-state index in [9.17, 15) is 34.2 Å². The Kier molecular flexibility index (Phi) is 10.0. The zero-order valence-corrected chi connectivity index (χ0v) is 19.1. The van der Waals surface area contributed by atoms with Gasteiger partial charge in [-0.1, -0.05) is 13.8 Å². The summed E-state index contributed by atoms with van der Waals surface area (Å²) in [6.45, 7) is 7.77. The summed E-state index contributed by atoms with van der Waals surface area (Å²) < 4.78 is 0. The highest BCUT2D eigenvalue weighted by molar-refractivity contribution is 5.95. The fraction of sp³-hybridized carbons (Fsp3) is 0.750. The summed E-state index contributed by atoms with van der Waals surface area (Å²) >= 11 is 0. The van der Waals surface area contributed by atoms with Crippen LogP contribution < -0.4 is 21.7 Å². The summed E-state index contributed by atoms with van der Waals surface area (Å²) in [6.07, 6.45) is -0.434. The number of nitrogens with zero attached hydrogens (tertiary/aromatic N) is 1. The molecule has 0 unspecified atom stereocenters. The van der Waals surface area contributed by atoms with Gasteiger partial charge < -0.3 is 36.8 Å². The number of likely N-dealkylation sites (tertiary alicyclic amines) is 1. The molecule has 0 radical (unpaired) electrons. The Morgan fingerprint density at radius 2 is 1.53 bits per heavy atom. The Bertz CT molecular complexity index is 725. The van der Waals surface area contributed by atoms with Gasteiger partial charge in [0.2, 0.25) is 23.6 Å². The lowest BCUT2D eigenvalue weighted by molar-refractivity contribution is -0.145. The summed E-state index contributed by atoms with van der Waals surface area (Å²) in [6, 6.07) is -5.20. The lowest BCUT2D eigenvalue weighted by atomic mass is 10.0. The fourth-order valence-corrected chi connectivity index (χ4v) is 3.37. The molecule has 0 saturated carbocycles. The average molecular weight is 458 g/mol. The molecule has 1 aliphatic heterocycles. The van der Waals surface area contributed by atoms with Gasteiger partial charge in [0.25, 0.3) is 0 Å². The topological polar surface area (TPSA) is 191 Å². The molecule has 0 aromatic rings. The number of aliphatic hydroxyl groups is 1. The second-order valence-electron chi connectivity index (χ2n) is 8.50. The molecule has 0 spiro atoms. The summed E-state index contributed by atoms with van der Waals surface area (Å²) in [5.41, 5.74) is 5.50. The van der Waals surface area contributed by atoms with Gasteiger partial charge in [-0.05, 0) is 39.5 Å². The number of hydrogen-bond donors (Lipinski definition) is 6. The zero-order valence-electron chi connectivity index (χ0n) is 19.1. The van der Waals surface area contributed by atoms with Crippen LogP contribution in [-0.4, -0.2) is 87.6 Å². The number of amides is 4. The Hall–Kier alpha value is -2.73. The lowest BCUT2D eigenvalue weighted by Gasteiger charge is -2.30. The molecule has 0 aliphatic carbocycles. The molecule has 6 atom stereocenters. The fourth-order valence-electron chi connectivity index (χ4n) is 3.37. The molecule has 4 amide bonds. The molecule has 1 aliphatic rings. The van der Waals surface area contributed by atoms with Crippen LogP contribution >= 0.6 is 0 Å². The number of hydrogen-bond acceptors (Lipinski definition) is 7. The second kappa shape index (κ2) is 11.8. The number of carbonyl (C=O) groups is 5. The molecule has 12 nitrogen and oxygen atoms in total. The lowest BCUT2D eigenvalue weighted by Crippen LogP contribution is -2.60. The van der Waals surface area contributed by atoms with Crippen molar-refractivity contribution in [3.63, 3.8) is 0 Å². The van der Waals surface area contributed by atoms with Gasteiger partial charge in [0.1, 0.15) is 24.2 Å². The van der Waals surface area contributed by atoms with Crippen molar-refractivity contribution in [1.29, 1.82) is 0 Å². The van der Waals surface area contributed by atoms with Crippen LogP contribution in [0.15, 0.2) is 0 Å². The van der Waals surface area contributed by atoms with Crippen LogP contribution in [0, 0.1) is 5.92 Å². The average Bonchev–Trinajstić information content (AvgIpc) is 3.18. The molecule has 1 fully saturated rings. The second-order valence-corrected chi connectivity index (χ2v) is 8.50. The molecule has 1 rings (SSSR count). The predicted octanol–water partition coefficient (Wildman–Crippen LogP) is -2.08. The molecular formula is C20H35N5O7. The van der Waals surface area contributed by atoms with Crippen LogP contribution in [0.3, 0.4) is 0 Å². The van der Waals surface area contributed by atoms with Crippen molar-refractivity contribution in [3.8, 4) is 0 Å². The third-order valence-corrected chi connectivity index (χ3v) is 5.27. The van der Waals surface area contributed by atoms with Crippen molar-refractivity contribution < 1.29 is 34.2 Å². The molecule has 0 aromatic heterocycles. The number of carbonyl (C=O) groups excluding carboxylic acids is 4. The normalized spacial score (nSPS) is 20.6. The van der Waals surface area contributed by atoms with Gasteiger partial charge in [-0.2, -0.15) is 0 Å². The van der Waals surface area contributed by atoms with E-state index < -0.39 is 71.8 Å². The zero-order chi connectivity index (χ0) is 24.7. The van der Waals surface area contributed by atoms with E-state index >= 15 is 0 Å². The minimum absolute atomic E-state index is 0.287. The highest BCUT2D eigenvalue weighted by Crippen LogP contribution is 2.19. The number of nitrogens with two attached hydrogens (primary N) is 1. The Balaban J connectivity index is 2.89. The van der Waals surface area contributed by atoms with Gasteiger partial charge in [-0.15, -0.1) is 0 Å². The van der Waals surface area contributed by atoms with Crippen molar-refractivity contribution in [1.82, 2.24) is 20.9 Å². The molecule has 0 aromatic carbocycles. The first-order valence-corrected chi connectivity index (χ1v) is 10.7. The van der Waals surface area contributed by atoms with E-state index in [1.807, 2.05) is 0 Å². The van der Waals surface area contributed by atoms with E-state index in [0.29, 0.717) is 12.8 Å². The summed E-state index contributed by atoms with van der Waals surface area (Å²) in [4.78, 5) is 62.6. The molecule has 1 saturated heterocycles. The van der Waals surface area contributed by atoms with Crippen LogP contribution in [-0.2, 0) is 24.0 Å². The first kappa shape index (κ1) is 27.3. The number of aliphatic carboxylic acids is 1. The number of aliphatic hydroxyl groups excluding tert-OH is 1. The van der Waals surface area contributed by atoms with Crippen LogP contribution in [0.1, 0.15) is 47.5 Å². The smallest absolute Gasteiger partial charge is 0.326 e. The van der Waals surface area contributed by atoms with E-state index in [0.717, 1.165) is 0 Å². The van der Waals surface area contributed by atoms with Crippen molar-refractivity contribution >= 4 is 29.6 Å². The highest BCUT2D eigenvalue weighted by atomic mass is 16.4. The van der Waals surface area contributed by atoms with Crippen molar-refractivity contribution in [2.45, 2.75) is 83.8 Å². The SMILES string of the molecule is CC(C)[C@H](NC(=O)[C@@H](NC(=O)[C@@H]1CCCN1C(=O)[C@H](C)NC(=O)[C@H](C)N)[C@@H](C)O)C(=O)O. The Morgan fingerprint density at radius 1 is 0.938 bits per heavy atom. The number of rotatable bonds is 10. The number of carboxylic acid groups (broad SMARTS) is 1. The molecule has 0 bridgehead atoms. The van der Waals surface area contributed by atoms with E-state index in [1.165, 1.54) is 25.7 Å². The Morgan fingerprint density at radius 3 is 2.00 bits per heavy atom. The largest absolute Gasteiger partial charge is 0.480 e. The first-order valence-electron chi connectivity index (χ1n) is 10.7. The number of nitrogens with one attached hydrogen (secondary N) is 3. The van der Waals surface area contributed by atoms with Gasteiger partial charge in [0, 0.05) is 6.54 Å². The maximum absolute atomic E-state index is 12.9. The van der Waals surface area contributed by atoms with Gasteiger partial charge in [-0.25, -0.2) is 4.79 Å². The summed E-state index contributed by atoms with van der Waals surface area (Å²) in [5, 5.41) is 26.5. The molecular weight excluding hydrogens is 422 g/mol. The molecule has 1 heterocycles. The van der Waals surface area contributed by atoms with E-state index in [4.69, 9.17) is 5.73 Å². The van der Waals surface area contributed by atoms with Gasteiger partial charge >= 0.3 is 5.97 Å². The molecule has 182 valence electrons. The van der Waals surface area contributed by atoms with Crippen LogP contribution in [0.25, 0.3) is 0 Å². The third-order valence-electron chi connectivity index (χ3n) is 5.27. The van der Waals surface area contributed by atoms with E-state index in [1.54, 1.807) is 13.8 Å². The molecule has 32 heavy (non-hydrogen) atoms. The van der Waals surface area contributed by atoms with Crippen LogP contribution in [0.5, 0.6) is 0 Å². The van der Waals surface area contributed by atoms with Crippen LogP contribution in [0.2, 0.25) is 0 Å². The van der Waals surface area contributed by atoms with E-state index in [-0.39, 0.29) is 6.54 Å². The van der Waals surface area contributed by atoms with Crippen molar-refractivity contribution in [2.75, 3.05) is 6.54 Å². The summed E-state index contributed by atoms with van der Waals surface area (Å²) in [7, 11) is 0. The third kappa shape index (κ3) is 7.16. The van der Waals surface area contributed by atoms with Gasteiger partial charge in [0.15, 0.2) is 0 Å². The number of carboxylic acids is 1. The standard InChI is InChI=1S/C20H35N5O7/c1-9(2)14(20(31)32)23-18(29)15(12(5)26)24-17(28)13-7-6-8-25(13)19(30)11(4)22-16(27)10(3)21/h9-15,26H,6-8,21H2,1-5H3,(H,22,27)(H,23,29)(H,24,28)(H,31,32)/t10-,11-,12+,13-,14-,15-/m0/s1. The van der Waals surface area contributed by atoms with E-state index in [2.05, 4.69) is 16.0 Å². The monoisotopic (exact) mass is 457 g/mol. The Labute approximate surface area is 187 Å². The maximum atomic E-state index is 12.9. The minimum Gasteiger partial charge on any atom is -0.480 e. The molecule has 12 heteroatoms. The van der Waals surface area contributed by atoms with Gasteiger partial charge in [-0.3, -0.25) is 19.2 Å². The first-order chi connectivity index (χ1) is 14.8.